The van der Waals surface area contributed by atoms with Gasteiger partial charge in [0.25, 0.3) is 5.78 Å². The zero-order valence-electron chi connectivity index (χ0n) is 14.2. The van der Waals surface area contributed by atoms with Gasteiger partial charge in [0.1, 0.15) is 5.82 Å². The molecule has 0 unspecified atom stereocenters. The van der Waals surface area contributed by atoms with Crippen LogP contribution in [0, 0.1) is 0 Å². The van der Waals surface area contributed by atoms with Crippen LogP contribution in [0.15, 0.2) is 42.7 Å². The minimum absolute atomic E-state index is 0.0704. The smallest absolute Gasteiger partial charge is 0.254 e. The average molecular weight is 340 g/mol. The van der Waals surface area contributed by atoms with Crippen LogP contribution in [0.4, 0.5) is 5.69 Å². The van der Waals surface area contributed by atoms with Gasteiger partial charge in [-0.3, -0.25) is 14.0 Å². The molecule has 8 nitrogen and oxygen atoms in total. The standard InChI is InChI=1S/C17H20N6O2/c1-22(25-2)16(24)8-10-18-14-6-4-13(5-7-14)12-15-20-21-17-19-9-3-11-23(15)17/h3-7,9,11,18H,8,10,12H2,1-2H3. The Labute approximate surface area is 145 Å². The molecule has 0 radical (unpaired) electrons. The van der Waals surface area contributed by atoms with Gasteiger partial charge in [0, 0.05) is 44.5 Å². The normalized spacial score (nSPS) is 10.8. The summed E-state index contributed by atoms with van der Waals surface area (Å²) in [6.45, 7) is 0.548. The summed E-state index contributed by atoms with van der Waals surface area (Å²) < 4.78 is 1.88. The molecule has 3 rings (SSSR count). The molecule has 130 valence electrons. The highest BCUT2D eigenvalue weighted by Gasteiger charge is 2.08. The molecular formula is C17H20N6O2. The van der Waals surface area contributed by atoms with Gasteiger partial charge in [-0.1, -0.05) is 12.1 Å². The topological polar surface area (TPSA) is 84.6 Å². The lowest BCUT2D eigenvalue weighted by Gasteiger charge is -2.14. The zero-order chi connectivity index (χ0) is 17.6. The number of nitrogens with one attached hydrogen (secondary N) is 1. The minimum atomic E-state index is -0.0704. The second-order valence-corrected chi connectivity index (χ2v) is 5.53. The maximum absolute atomic E-state index is 11.6. The van der Waals surface area contributed by atoms with Gasteiger partial charge in [-0.15, -0.1) is 10.2 Å². The first kappa shape index (κ1) is 16.8. The summed E-state index contributed by atoms with van der Waals surface area (Å²) in [5.74, 6) is 1.37. The average Bonchev–Trinajstić information content (AvgIpc) is 3.05. The number of carbonyl (C=O) groups is 1. The van der Waals surface area contributed by atoms with E-state index in [0.717, 1.165) is 17.1 Å². The van der Waals surface area contributed by atoms with Crippen molar-refractivity contribution in [3.8, 4) is 0 Å². The summed E-state index contributed by atoms with van der Waals surface area (Å²) in [5.41, 5.74) is 2.09. The predicted molar refractivity (Wildman–Crippen MR) is 92.9 cm³/mol. The van der Waals surface area contributed by atoms with Gasteiger partial charge in [-0.25, -0.2) is 10.0 Å². The molecule has 0 atom stereocenters. The molecule has 0 aliphatic carbocycles. The van der Waals surface area contributed by atoms with Crippen molar-refractivity contribution in [2.75, 3.05) is 26.0 Å². The summed E-state index contributed by atoms with van der Waals surface area (Å²) >= 11 is 0. The second kappa shape index (κ2) is 7.71. The number of aromatic nitrogens is 4. The number of rotatable bonds is 7. The van der Waals surface area contributed by atoms with Gasteiger partial charge < -0.3 is 5.32 Å². The fourth-order valence-corrected chi connectivity index (χ4v) is 2.41. The lowest BCUT2D eigenvalue weighted by Crippen LogP contribution is -2.27. The Bertz CT molecular complexity index is 846. The van der Waals surface area contributed by atoms with E-state index in [2.05, 4.69) is 20.5 Å². The number of hydrogen-bond donors (Lipinski definition) is 1. The van der Waals surface area contributed by atoms with Crippen molar-refractivity contribution in [2.24, 2.45) is 0 Å². The molecule has 0 saturated carbocycles. The summed E-state index contributed by atoms with van der Waals surface area (Å²) in [6.07, 6.45) is 4.64. The minimum Gasteiger partial charge on any atom is -0.385 e. The molecule has 8 heteroatoms. The van der Waals surface area contributed by atoms with Crippen LogP contribution < -0.4 is 5.32 Å². The molecule has 2 aromatic heterocycles. The Morgan fingerprint density at radius 2 is 2.08 bits per heavy atom. The number of fused-ring (bicyclic) bond motifs is 1. The summed E-state index contributed by atoms with van der Waals surface area (Å²) in [7, 11) is 3.07. The van der Waals surface area contributed by atoms with E-state index in [1.54, 1.807) is 13.2 Å². The van der Waals surface area contributed by atoms with Crippen molar-refractivity contribution >= 4 is 17.4 Å². The third-order valence-electron chi connectivity index (χ3n) is 3.87. The van der Waals surface area contributed by atoms with E-state index in [0.29, 0.717) is 25.2 Å². The Kier molecular flexibility index (Phi) is 5.20. The number of carbonyl (C=O) groups excluding carboxylic acids is 1. The van der Waals surface area contributed by atoms with Gasteiger partial charge in [-0.05, 0) is 23.8 Å². The molecule has 0 bridgehead atoms. The lowest BCUT2D eigenvalue weighted by molar-refractivity contribution is -0.168. The first-order valence-corrected chi connectivity index (χ1v) is 7.95. The van der Waals surface area contributed by atoms with Crippen LogP contribution in [0.25, 0.3) is 5.78 Å². The van der Waals surface area contributed by atoms with Crippen LogP contribution in [-0.2, 0) is 16.1 Å². The van der Waals surface area contributed by atoms with E-state index in [4.69, 9.17) is 4.84 Å². The summed E-state index contributed by atoms with van der Waals surface area (Å²) in [6, 6.07) is 9.89. The second-order valence-electron chi connectivity index (χ2n) is 5.53. The van der Waals surface area contributed by atoms with Gasteiger partial charge in [-0.2, -0.15) is 0 Å². The van der Waals surface area contributed by atoms with Crippen molar-refractivity contribution in [3.05, 3.63) is 54.1 Å². The van der Waals surface area contributed by atoms with E-state index < -0.39 is 0 Å². The highest BCUT2D eigenvalue weighted by atomic mass is 16.7. The molecule has 3 aromatic rings. The Hall–Kier alpha value is -3.00. The third kappa shape index (κ3) is 4.10. The number of nitrogens with zero attached hydrogens (tertiary/aromatic N) is 5. The van der Waals surface area contributed by atoms with Crippen LogP contribution >= 0.6 is 0 Å². The maximum atomic E-state index is 11.6. The fourth-order valence-electron chi connectivity index (χ4n) is 2.41. The number of hydrogen-bond acceptors (Lipinski definition) is 6. The van der Waals surface area contributed by atoms with Crippen LogP contribution in [0.2, 0.25) is 0 Å². The molecule has 0 fully saturated rings. The largest absolute Gasteiger partial charge is 0.385 e. The maximum Gasteiger partial charge on any atom is 0.254 e. The number of hydroxylamine groups is 2. The van der Waals surface area contributed by atoms with E-state index in [9.17, 15) is 4.79 Å². The quantitative estimate of drug-likeness (QED) is 0.657. The molecule has 0 saturated heterocycles. The molecule has 0 spiro atoms. The van der Waals surface area contributed by atoms with Crippen molar-refractivity contribution < 1.29 is 9.63 Å². The van der Waals surface area contributed by atoms with Crippen LogP contribution in [0.3, 0.4) is 0 Å². The molecule has 1 aromatic carbocycles. The van der Waals surface area contributed by atoms with Gasteiger partial charge in [0.15, 0.2) is 0 Å². The van der Waals surface area contributed by atoms with Gasteiger partial charge >= 0.3 is 0 Å². The molecular weight excluding hydrogens is 320 g/mol. The van der Waals surface area contributed by atoms with Crippen molar-refractivity contribution in [2.45, 2.75) is 12.8 Å². The first-order valence-electron chi connectivity index (χ1n) is 7.95. The fraction of sp³-hybridized carbons (Fsp3) is 0.294. The van der Waals surface area contributed by atoms with Crippen LogP contribution in [0.5, 0.6) is 0 Å². The highest BCUT2D eigenvalue weighted by molar-refractivity contribution is 5.75. The molecule has 0 aliphatic heterocycles. The first-order chi connectivity index (χ1) is 12.2. The number of benzene rings is 1. The number of amides is 1. The van der Waals surface area contributed by atoms with E-state index in [-0.39, 0.29) is 5.91 Å². The predicted octanol–water partition coefficient (Wildman–Crippen LogP) is 1.54. The Morgan fingerprint density at radius 1 is 1.28 bits per heavy atom. The molecule has 1 amide bonds. The van der Waals surface area contributed by atoms with E-state index in [1.807, 2.05) is 40.9 Å². The van der Waals surface area contributed by atoms with Crippen LogP contribution in [0.1, 0.15) is 17.8 Å². The number of anilines is 1. The lowest BCUT2D eigenvalue weighted by atomic mass is 10.1. The molecule has 25 heavy (non-hydrogen) atoms. The van der Waals surface area contributed by atoms with Crippen molar-refractivity contribution in [1.29, 1.82) is 0 Å². The van der Waals surface area contributed by atoms with Crippen molar-refractivity contribution in [3.63, 3.8) is 0 Å². The Morgan fingerprint density at radius 3 is 2.84 bits per heavy atom. The van der Waals surface area contributed by atoms with Gasteiger partial charge in [0.05, 0.1) is 7.11 Å². The highest BCUT2D eigenvalue weighted by Crippen LogP contribution is 2.13. The molecule has 0 aliphatic rings. The van der Waals surface area contributed by atoms with Crippen LogP contribution in [-0.4, -0.2) is 51.3 Å². The Balaban J connectivity index is 1.56. The SMILES string of the molecule is CON(C)C(=O)CCNc1ccc(Cc2nnc3ncccn23)cc1. The molecule has 2 heterocycles. The zero-order valence-corrected chi connectivity index (χ0v) is 14.2. The molecule has 1 N–H and O–H groups in total. The van der Waals surface area contributed by atoms with E-state index >= 15 is 0 Å². The monoisotopic (exact) mass is 340 g/mol. The van der Waals surface area contributed by atoms with Crippen molar-refractivity contribution in [1.82, 2.24) is 24.6 Å². The van der Waals surface area contributed by atoms with E-state index in [1.165, 1.54) is 12.2 Å². The summed E-state index contributed by atoms with van der Waals surface area (Å²) in [5, 5.41) is 12.7. The summed E-state index contributed by atoms with van der Waals surface area (Å²) in [4.78, 5) is 20.7. The third-order valence-corrected chi connectivity index (χ3v) is 3.87. The van der Waals surface area contributed by atoms with Gasteiger partial charge in [0.2, 0.25) is 5.91 Å².